The van der Waals surface area contributed by atoms with Crippen LogP contribution in [0.15, 0.2) is 59.2 Å². The van der Waals surface area contributed by atoms with E-state index in [0.29, 0.717) is 24.3 Å². The topological polar surface area (TPSA) is 93.4 Å². The normalized spacial score (nSPS) is 16.8. The van der Waals surface area contributed by atoms with Crippen molar-refractivity contribution in [3.05, 3.63) is 66.2 Å². The SMILES string of the molecule is CC[C@H]1COC(=O)N1c1nc(C)nc(N[C@@H](C)c2ccc3c(-c4ccccc4)coc3c2)n1. The van der Waals surface area contributed by atoms with Gasteiger partial charge in [0.05, 0.1) is 18.3 Å². The van der Waals surface area contributed by atoms with Crippen molar-refractivity contribution in [3.63, 3.8) is 0 Å². The molecule has 2 aromatic carbocycles. The number of ether oxygens (including phenoxy) is 1. The third-order valence-electron chi connectivity index (χ3n) is 5.91. The van der Waals surface area contributed by atoms with Gasteiger partial charge in [-0.15, -0.1) is 0 Å². The van der Waals surface area contributed by atoms with Crippen LogP contribution in [0, 0.1) is 6.92 Å². The summed E-state index contributed by atoms with van der Waals surface area (Å²) in [6, 6.07) is 16.2. The quantitative estimate of drug-likeness (QED) is 0.420. The molecule has 0 saturated carbocycles. The molecule has 4 aromatic rings. The molecule has 1 amide bonds. The Morgan fingerprint density at radius 3 is 2.76 bits per heavy atom. The van der Waals surface area contributed by atoms with Crippen molar-refractivity contribution in [1.82, 2.24) is 15.0 Å². The Balaban J connectivity index is 1.40. The van der Waals surface area contributed by atoms with E-state index >= 15 is 0 Å². The van der Waals surface area contributed by atoms with Crippen LogP contribution in [0.2, 0.25) is 0 Å². The zero-order valence-electron chi connectivity index (χ0n) is 18.8. The number of aromatic nitrogens is 3. The highest BCUT2D eigenvalue weighted by Crippen LogP contribution is 2.32. The number of fused-ring (bicyclic) bond motifs is 1. The minimum Gasteiger partial charge on any atom is -0.464 e. The van der Waals surface area contributed by atoms with Gasteiger partial charge in [-0.2, -0.15) is 15.0 Å². The van der Waals surface area contributed by atoms with E-state index in [1.54, 1.807) is 13.2 Å². The molecule has 8 nitrogen and oxygen atoms in total. The van der Waals surface area contributed by atoms with Crippen LogP contribution in [0.5, 0.6) is 0 Å². The second-order valence-corrected chi connectivity index (χ2v) is 8.15. The first kappa shape index (κ1) is 20.9. The van der Waals surface area contributed by atoms with Crippen molar-refractivity contribution in [2.24, 2.45) is 0 Å². The molecule has 0 spiro atoms. The molecule has 168 valence electrons. The molecule has 33 heavy (non-hydrogen) atoms. The van der Waals surface area contributed by atoms with E-state index in [4.69, 9.17) is 9.15 Å². The van der Waals surface area contributed by atoms with Crippen molar-refractivity contribution in [2.75, 3.05) is 16.8 Å². The highest BCUT2D eigenvalue weighted by molar-refractivity contribution is 5.94. The minimum atomic E-state index is -0.427. The molecular formula is C25H25N5O3. The zero-order valence-corrected chi connectivity index (χ0v) is 18.8. The summed E-state index contributed by atoms with van der Waals surface area (Å²) in [7, 11) is 0. The second kappa shape index (κ2) is 8.54. The number of cyclic esters (lactones) is 1. The van der Waals surface area contributed by atoms with Gasteiger partial charge >= 0.3 is 6.09 Å². The fraction of sp³-hybridized carbons (Fsp3) is 0.280. The van der Waals surface area contributed by atoms with Gasteiger partial charge in [-0.1, -0.05) is 49.4 Å². The molecule has 0 bridgehead atoms. The lowest BCUT2D eigenvalue weighted by atomic mass is 10.0. The summed E-state index contributed by atoms with van der Waals surface area (Å²) in [4.78, 5) is 27.0. The summed E-state index contributed by atoms with van der Waals surface area (Å²) in [6.45, 7) is 6.15. The average molecular weight is 444 g/mol. The van der Waals surface area contributed by atoms with Gasteiger partial charge in [-0.3, -0.25) is 0 Å². The number of hydrogen-bond acceptors (Lipinski definition) is 7. The van der Waals surface area contributed by atoms with Crippen LogP contribution in [-0.4, -0.2) is 33.7 Å². The number of benzene rings is 2. The lowest BCUT2D eigenvalue weighted by Crippen LogP contribution is -2.34. The Morgan fingerprint density at radius 1 is 1.15 bits per heavy atom. The van der Waals surface area contributed by atoms with E-state index in [0.717, 1.165) is 34.1 Å². The standard InChI is InChI=1S/C25H25N5O3/c1-4-19-13-33-25(31)30(19)24-28-16(3)27-23(29-24)26-15(2)18-10-11-20-21(14-32-22(20)12-18)17-8-6-5-7-9-17/h5-12,14-15,19H,4,13H2,1-3H3,(H,26,27,28,29)/t15-,19-/m0/s1. The minimum absolute atomic E-state index is 0.0789. The smallest absolute Gasteiger partial charge is 0.417 e. The molecular weight excluding hydrogens is 418 g/mol. The van der Waals surface area contributed by atoms with Crippen LogP contribution in [0.1, 0.15) is 37.7 Å². The Labute approximate surface area is 191 Å². The highest BCUT2D eigenvalue weighted by Gasteiger charge is 2.35. The maximum atomic E-state index is 12.2. The molecule has 0 radical (unpaired) electrons. The second-order valence-electron chi connectivity index (χ2n) is 8.15. The average Bonchev–Trinajstić information content (AvgIpc) is 3.41. The first-order valence-electron chi connectivity index (χ1n) is 11.0. The number of nitrogens with zero attached hydrogens (tertiary/aromatic N) is 4. The molecule has 1 N–H and O–H groups in total. The van der Waals surface area contributed by atoms with E-state index in [2.05, 4.69) is 44.5 Å². The molecule has 1 aliphatic heterocycles. The molecule has 0 unspecified atom stereocenters. The number of furan rings is 1. The Bertz CT molecular complexity index is 1300. The number of rotatable bonds is 6. The van der Waals surface area contributed by atoms with Crippen LogP contribution in [0.4, 0.5) is 16.7 Å². The Hall–Kier alpha value is -3.94. The molecule has 1 aliphatic rings. The molecule has 5 rings (SSSR count). The van der Waals surface area contributed by atoms with E-state index in [1.165, 1.54) is 4.90 Å². The molecule has 1 saturated heterocycles. The number of anilines is 2. The van der Waals surface area contributed by atoms with E-state index in [9.17, 15) is 4.79 Å². The predicted octanol–water partition coefficient (Wildman–Crippen LogP) is 5.50. The van der Waals surface area contributed by atoms with Crippen LogP contribution < -0.4 is 10.2 Å². The van der Waals surface area contributed by atoms with Crippen molar-refractivity contribution in [1.29, 1.82) is 0 Å². The summed E-state index contributed by atoms with van der Waals surface area (Å²) in [5.74, 6) is 1.24. The monoisotopic (exact) mass is 443 g/mol. The number of aryl methyl sites for hydroxylation is 1. The molecule has 1 fully saturated rings. The van der Waals surface area contributed by atoms with Crippen LogP contribution in [0.3, 0.4) is 0 Å². The third-order valence-corrected chi connectivity index (χ3v) is 5.91. The molecule has 2 atom stereocenters. The Morgan fingerprint density at radius 2 is 1.97 bits per heavy atom. The highest BCUT2D eigenvalue weighted by atomic mass is 16.6. The van der Waals surface area contributed by atoms with Gasteiger partial charge in [-0.05, 0) is 37.5 Å². The van der Waals surface area contributed by atoms with Crippen molar-refractivity contribution >= 4 is 29.0 Å². The van der Waals surface area contributed by atoms with E-state index in [-0.39, 0.29) is 12.1 Å². The number of carbonyl (C=O) groups is 1. The van der Waals surface area contributed by atoms with Crippen LogP contribution >= 0.6 is 0 Å². The number of nitrogens with one attached hydrogen (secondary N) is 1. The summed E-state index contributed by atoms with van der Waals surface area (Å²) in [5.41, 5.74) is 4.04. The molecule has 0 aliphatic carbocycles. The van der Waals surface area contributed by atoms with Gasteiger partial charge in [-0.25, -0.2) is 9.69 Å². The first-order valence-corrected chi connectivity index (χ1v) is 11.0. The van der Waals surface area contributed by atoms with Crippen molar-refractivity contribution < 1.29 is 13.9 Å². The summed E-state index contributed by atoms with van der Waals surface area (Å²) < 4.78 is 11.0. The maximum Gasteiger partial charge on any atom is 0.417 e. The summed E-state index contributed by atoms with van der Waals surface area (Å²) in [6.07, 6.45) is 2.12. The summed E-state index contributed by atoms with van der Waals surface area (Å²) in [5, 5.41) is 4.39. The molecule has 2 aromatic heterocycles. The lowest BCUT2D eigenvalue weighted by molar-refractivity contribution is 0.178. The first-order chi connectivity index (χ1) is 16.0. The predicted molar refractivity (Wildman–Crippen MR) is 126 cm³/mol. The molecule has 8 heteroatoms. The van der Waals surface area contributed by atoms with E-state index < -0.39 is 6.09 Å². The number of amides is 1. The van der Waals surface area contributed by atoms with Gasteiger partial charge in [0.15, 0.2) is 0 Å². The van der Waals surface area contributed by atoms with Gasteiger partial charge in [0.25, 0.3) is 0 Å². The fourth-order valence-corrected chi connectivity index (χ4v) is 4.08. The largest absolute Gasteiger partial charge is 0.464 e. The van der Waals surface area contributed by atoms with Gasteiger partial charge in [0.2, 0.25) is 11.9 Å². The van der Waals surface area contributed by atoms with Gasteiger partial charge in [0.1, 0.15) is 18.0 Å². The van der Waals surface area contributed by atoms with Gasteiger partial charge in [0, 0.05) is 10.9 Å². The summed E-state index contributed by atoms with van der Waals surface area (Å²) >= 11 is 0. The van der Waals surface area contributed by atoms with E-state index in [1.807, 2.05) is 38.1 Å². The molecule has 3 heterocycles. The number of hydrogen-bond donors (Lipinski definition) is 1. The zero-order chi connectivity index (χ0) is 22.9. The third kappa shape index (κ3) is 4.00. The van der Waals surface area contributed by atoms with Crippen LogP contribution in [0.25, 0.3) is 22.1 Å². The van der Waals surface area contributed by atoms with Crippen molar-refractivity contribution in [3.8, 4) is 11.1 Å². The van der Waals surface area contributed by atoms with Gasteiger partial charge < -0.3 is 14.5 Å². The van der Waals surface area contributed by atoms with Crippen LogP contribution in [-0.2, 0) is 4.74 Å². The Kier molecular flexibility index (Phi) is 5.42. The lowest BCUT2D eigenvalue weighted by Gasteiger charge is -2.20. The van der Waals surface area contributed by atoms with Crippen molar-refractivity contribution in [2.45, 2.75) is 39.3 Å². The fourth-order valence-electron chi connectivity index (χ4n) is 4.08. The number of carbonyl (C=O) groups excluding carboxylic acids is 1. The maximum absolute atomic E-state index is 12.2.